The number of hydrogen-bond donors (Lipinski definition) is 0. The van der Waals surface area contributed by atoms with E-state index >= 15 is 0 Å². The summed E-state index contributed by atoms with van der Waals surface area (Å²) in [5.41, 5.74) is 1.98. The molecule has 1 unspecified atom stereocenters. The molecule has 0 aliphatic carbocycles. The molecule has 0 bridgehead atoms. The monoisotopic (exact) mass is 234 g/mol. The largest absolute Gasteiger partial charge is 0.376 e. The topological polar surface area (TPSA) is 35.5 Å². The Morgan fingerprint density at radius 1 is 1.29 bits per heavy atom. The van der Waals surface area contributed by atoms with Crippen LogP contribution in [-0.4, -0.2) is 31.7 Å². The van der Waals surface area contributed by atoms with Gasteiger partial charge in [-0.15, -0.1) is 0 Å². The van der Waals surface area contributed by atoms with Crippen LogP contribution in [0.25, 0.3) is 0 Å². The first-order valence-electron chi connectivity index (χ1n) is 6.13. The number of benzene rings is 1. The van der Waals surface area contributed by atoms with E-state index in [9.17, 15) is 4.79 Å². The third-order valence-electron chi connectivity index (χ3n) is 2.89. The number of hydrogen-bond acceptors (Lipinski definition) is 3. The average molecular weight is 234 g/mol. The highest BCUT2D eigenvalue weighted by atomic mass is 16.6. The van der Waals surface area contributed by atoms with Crippen molar-refractivity contribution in [3.63, 3.8) is 0 Å². The lowest BCUT2D eigenvalue weighted by Gasteiger charge is -2.21. The zero-order valence-corrected chi connectivity index (χ0v) is 10.1. The van der Waals surface area contributed by atoms with Crippen molar-refractivity contribution in [1.29, 1.82) is 0 Å². The highest BCUT2D eigenvalue weighted by Crippen LogP contribution is 2.12. The fourth-order valence-corrected chi connectivity index (χ4v) is 1.95. The van der Waals surface area contributed by atoms with Crippen molar-refractivity contribution in [2.45, 2.75) is 25.9 Å². The van der Waals surface area contributed by atoms with Crippen molar-refractivity contribution >= 4 is 5.78 Å². The van der Waals surface area contributed by atoms with Gasteiger partial charge in [0.05, 0.1) is 19.8 Å². The third kappa shape index (κ3) is 3.14. The molecule has 0 saturated carbocycles. The van der Waals surface area contributed by atoms with Gasteiger partial charge < -0.3 is 9.47 Å². The van der Waals surface area contributed by atoms with E-state index < -0.39 is 6.10 Å². The van der Waals surface area contributed by atoms with E-state index in [-0.39, 0.29) is 5.78 Å². The van der Waals surface area contributed by atoms with E-state index in [0.29, 0.717) is 25.4 Å². The summed E-state index contributed by atoms with van der Waals surface area (Å²) in [6, 6.07) is 7.79. The number of Topliss-reactive ketones (excluding diaryl/α,β-unsaturated/α-hetero) is 1. The smallest absolute Gasteiger partial charge is 0.193 e. The van der Waals surface area contributed by atoms with Crippen molar-refractivity contribution < 1.29 is 14.3 Å². The van der Waals surface area contributed by atoms with Crippen LogP contribution >= 0.6 is 0 Å². The Hall–Kier alpha value is -1.19. The Labute approximate surface area is 102 Å². The highest BCUT2D eigenvalue weighted by Gasteiger charge is 2.23. The van der Waals surface area contributed by atoms with E-state index in [1.165, 1.54) is 5.56 Å². The summed E-state index contributed by atoms with van der Waals surface area (Å²) >= 11 is 0. The summed E-state index contributed by atoms with van der Waals surface area (Å²) in [5, 5.41) is 0. The summed E-state index contributed by atoms with van der Waals surface area (Å²) in [4.78, 5) is 12.1. The molecular formula is C14H18O3. The van der Waals surface area contributed by atoms with Crippen molar-refractivity contribution in [2.75, 3.05) is 19.8 Å². The molecule has 1 aliphatic heterocycles. The molecule has 92 valence electrons. The average Bonchev–Trinajstić information content (AvgIpc) is 2.40. The predicted molar refractivity (Wildman–Crippen MR) is 65.3 cm³/mol. The number of ketones is 1. The summed E-state index contributed by atoms with van der Waals surface area (Å²) in [7, 11) is 0. The van der Waals surface area contributed by atoms with Crippen LogP contribution in [0.1, 0.15) is 29.3 Å². The Bertz CT molecular complexity index is 364. The van der Waals surface area contributed by atoms with Crippen LogP contribution in [0.2, 0.25) is 0 Å². The molecule has 1 aromatic rings. The van der Waals surface area contributed by atoms with Crippen molar-refractivity contribution in [3.05, 3.63) is 35.4 Å². The third-order valence-corrected chi connectivity index (χ3v) is 2.89. The number of carbonyl (C=O) groups excluding carboxylic acids is 1. The summed E-state index contributed by atoms with van der Waals surface area (Å²) < 4.78 is 10.6. The van der Waals surface area contributed by atoms with Gasteiger partial charge in [-0.1, -0.05) is 37.6 Å². The second-order valence-electron chi connectivity index (χ2n) is 4.25. The van der Waals surface area contributed by atoms with Crippen LogP contribution in [0.3, 0.4) is 0 Å². The molecular weight excluding hydrogens is 216 g/mol. The Morgan fingerprint density at radius 2 is 2.06 bits per heavy atom. The van der Waals surface area contributed by atoms with E-state index in [2.05, 4.69) is 6.92 Å². The number of rotatable bonds is 4. The Morgan fingerprint density at radius 3 is 2.65 bits per heavy atom. The van der Waals surface area contributed by atoms with E-state index in [4.69, 9.17) is 9.47 Å². The van der Waals surface area contributed by atoms with E-state index in [1.807, 2.05) is 24.3 Å². The molecule has 3 heteroatoms. The molecule has 2 rings (SSSR count). The molecule has 1 fully saturated rings. The summed E-state index contributed by atoms with van der Waals surface area (Å²) in [5.74, 6) is 0.0211. The Balaban J connectivity index is 2.03. The number of ether oxygens (including phenoxy) is 2. The minimum absolute atomic E-state index is 0.0211. The van der Waals surface area contributed by atoms with E-state index in [0.717, 1.165) is 12.8 Å². The maximum Gasteiger partial charge on any atom is 0.193 e. The second kappa shape index (κ2) is 5.94. The first kappa shape index (κ1) is 12.3. The molecule has 1 aromatic carbocycles. The van der Waals surface area contributed by atoms with Gasteiger partial charge in [-0.3, -0.25) is 4.79 Å². The van der Waals surface area contributed by atoms with Gasteiger partial charge in [0.2, 0.25) is 0 Å². The van der Waals surface area contributed by atoms with E-state index in [1.54, 1.807) is 0 Å². The fourth-order valence-electron chi connectivity index (χ4n) is 1.95. The van der Waals surface area contributed by atoms with Crippen molar-refractivity contribution in [2.24, 2.45) is 0 Å². The molecule has 0 N–H and O–H groups in total. The summed E-state index contributed by atoms with van der Waals surface area (Å²) in [6.45, 7) is 3.60. The van der Waals surface area contributed by atoms with Gasteiger partial charge in [-0.25, -0.2) is 0 Å². The molecule has 17 heavy (non-hydrogen) atoms. The van der Waals surface area contributed by atoms with Gasteiger partial charge in [-0.2, -0.15) is 0 Å². The SMILES string of the molecule is CCCc1ccc(C(=O)C2COCCO2)cc1. The zero-order chi connectivity index (χ0) is 12.1. The molecule has 1 atom stereocenters. The highest BCUT2D eigenvalue weighted by molar-refractivity contribution is 5.99. The van der Waals surface area contributed by atoms with Crippen molar-refractivity contribution in [3.8, 4) is 0 Å². The summed E-state index contributed by atoms with van der Waals surface area (Å²) in [6.07, 6.45) is 1.74. The lowest BCUT2D eigenvalue weighted by atomic mass is 10.0. The lowest BCUT2D eigenvalue weighted by Crippen LogP contribution is -2.35. The van der Waals surface area contributed by atoms with Crippen LogP contribution in [0.4, 0.5) is 0 Å². The van der Waals surface area contributed by atoms with Gasteiger partial charge in [0.1, 0.15) is 6.10 Å². The van der Waals surface area contributed by atoms with Gasteiger partial charge in [0.15, 0.2) is 5.78 Å². The van der Waals surface area contributed by atoms with Gasteiger partial charge in [0.25, 0.3) is 0 Å². The normalized spacial score (nSPS) is 20.2. The number of aryl methyl sites for hydroxylation is 1. The zero-order valence-electron chi connectivity index (χ0n) is 10.1. The fraction of sp³-hybridized carbons (Fsp3) is 0.500. The molecule has 0 aromatic heterocycles. The quantitative estimate of drug-likeness (QED) is 0.749. The molecule has 0 spiro atoms. The van der Waals surface area contributed by atoms with Crippen LogP contribution in [-0.2, 0) is 15.9 Å². The van der Waals surface area contributed by atoms with Crippen LogP contribution in [0.5, 0.6) is 0 Å². The molecule has 0 amide bonds. The lowest BCUT2D eigenvalue weighted by molar-refractivity contribution is -0.0719. The van der Waals surface area contributed by atoms with Crippen molar-refractivity contribution in [1.82, 2.24) is 0 Å². The molecule has 1 aliphatic rings. The molecule has 0 radical (unpaired) electrons. The minimum atomic E-state index is -0.430. The second-order valence-corrected chi connectivity index (χ2v) is 4.25. The standard InChI is InChI=1S/C14H18O3/c1-2-3-11-4-6-12(7-5-11)14(15)13-10-16-8-9-17-13/h4-7,13H,2-3,8-10H2,1H3. The number of carbonyl (C=O) groups is 1. The maximum atomic E-state index is 12.1. The van der Waals surface area contributed by atoms with Gasteiger partial charge in [-0.05, 0) is 12.0 Å². The minimum Gasteiger partial charge on any atom is -0.376 e. The first-order chi connectivity index (χ1) is 8.31. The van der Waals surface area contributed by atoms with Crippen LogP contribution in [0.15, 0.2) is 24.3 Å². The Kier molecular flexibility index (Phi) is 4.29. The first-order valence-corrected chi connectivity index (χ1v) is 6.13. The molecule has 3 nitrogen and oxygen atoms in total. The van der Waals surface area contributed by atoms with Gasteiger partial charge in [0, 0.05) is 5.56 Å². The molecule has 1 heterocycles. The van der Waals surface area contributed by atoms with Crippen LogP contribution < -0.4 is 0 Å². The predicted octanol–water partition coefficient (Wildman–Crippen LogP) is 2.24. The van der Waals surface area contributed by atoms with Gasteiger partial charge >= 0.3 is 0 Å². The maximum absolute atomic E-state index is 12.1. The molecule has 1 saturated heterocycles. The van der Waals surface area contributed by atoms with Crippen LogP contribution in [0, 0.1) is 0 Å².